The Hall–Kier alpha value is -15.0. The van der Waals surface area contributed by atoms with Gasteiger partial charge in [0.25, 0.3) is 6.71 Å². The van der Waals surface area contributed by atoms with E-state index in [4.69, 9.17) is 8.83 Å². The maximum atomic E-state index is 10.5. The fourth-order valence-electron chi connectivity index (χ4n) is 23.7. The van der Waals surface area contributed by atoms with Gasteiger partial charge in [0, 0.05) is 110 Å². The number of rotatable bonds is 7. The largest absolute Gasteiger partial charge is 0.452 e. The van der Waals surface area contributed by atoms with Crippen LogP contribution in [0.1, 0.15) is 222 Å². The first-order valence-corrected chi connectivity index (χ1v) is 51.1. The first-order chi connectivity index (χ1) is 71.8. The highest BCUT2D eigenvalue weighted by Crippen LogP contribution is 2.55. The summed E-state index contributed by atoms with van der Waals surface area (Å²) in [6.45, 7) is 54.0. The average Bonchev–Trinajstić information content (AvgIpc) is 0.769. The Bertz CT molecular complexity index is 9380. The van der Waals surface area contributed by atoms with Crippen LogP contribution in [-0.4, -0.2) is 29.5 Å². The zero-order valence-electron chi connectivity index (χ0n) is 94.9. The van der Waals surface area contributed by atoms with Crippen LogP contribution in [-0.2, 0) is 43.3 Å². The quantitative estimate of drug-likeness (QED) is 0.149. The van der Waals surface area contributed by atoms with Crippen LogP contribution in [0.25, 0.3) is 181 Å². The molecule has 0 saturated carbocycles. The molecule has 0 aliphatic carbocycles. The smallest absolute Gasteiger partial charge is 0.252 e. The summed E-state index contributed by atoms with van der Waals surface area (Å²) in [6, 6.07) is 96.1. The first kappa shape index (κ1) is 80.5. The fourth-order valence-corrected chi connectivity index (χ4v) is 23.7. The second-order valence-electron chi connectivity index (χ2n) is 49.3. The van der Waals surface area contributed by atoms with Crippen molar-refractivity contribution in [3.63, 3.8) is 0 Å². The summed E-state index contributed by atoms with van der Waals surface area (Å²) in [5.74, 6) is 0. The number of aromatic nitrogens is 5. The molecule has 0 fully saturated rings. The zero-order valence-corrected chi connectivity index (χ0v) is 86.9. The topological polar surface area (TPSA) is 57.4 Å². The summed E-state index contributed by atoms with van der Waals surface area (Å²) in [6.07, 6.45) is 0. The van der Waals surface area contributed by atoms with Gasteiger partial charge in [-0.2, -0.15) is 0 Å². The lowest BCUT2D eigenvalue weighted by molar-refractivity contribution is 0.590. The molecule has 0 N–H and O–H groups in total. The summed E-state index contributed by atoms with van der Waals surface area (Å²) in [5, 5.41) is 12.5. The third-order valence-electron chi connectivity index (χ3n) is 31.7. The van der Waals surface area contributed by atoms with Gasteiger partial charge in [-0.15, -0.1) is 0 Å². The maximum absolute atomic E-state index is 10.5. The summed E-state index contributed by atoms with van der Waals surface area (Å²) in [4.78, 5) is 4.74. The van der Waals surface area contributed by atoms with Crippen LogP contribution in [0, 0.1) is 0 Å². The van der Waals surface area contributed by atoms with Crippen molar-refractivity contribution < 1.29 is 19.8 Å². The van der Waals surface area contributed by atoms with Gasteiger partial charge in [0.2, 0.25) is 0 Å². The monoisotopic (exact) mass is 1880 g/mol. The highest BCUT2D eigenvalue weighted by Gasteiger charge is 2.47. The third-order valence-corrected chi connectivity index (χ3v) is 31.7. The van der Waals surface area contributed by atoms with E-state index >= 15 is 0 Å². The summed E-state index contributed by atoms with van der Waals surface area (Å²) in [7, 11) is 0. The number of para-hydroxylation sites is 6. The maximum Gasteiger partial charge on any atom is 0.252 e. The van der Waals surface area contributed by atoms with E-state index in [1.165, 1.54) is 44.5 Å². The molecule has 24 aromatic rings. The molecule has 7 aromatic heterocycles. The minimum Gasteiger partial charge on any atom is -0.452 e. The van der Waals surface area contributed by atoms with Crippen LogP contribution in [0.3, 0.4) is 0 Å². The van der Waals surface area contributed by atoms with Crippen molar-refractivity contribution in [3.8, 4) is 28.4 Å². The molecule has 0 amide bonds. The Morgan fingerprint density at radius 3 is 0.688 bits per heavy atom. The van der Waals surface area contributed by atoms with E-state index in [9.17, 15) is 11.0 Å². The minimum atomic E-state index is -0.644. The number of anilines is 6. The predicted octanol–water partition coefficient (Wildman–Crippen LogP) is 35.4. The SMILES string of the molecule is [2H]c1c([2H])c([2H])c2c(c1[2H])c1c([2H])c([2H])c([2H])c([2H])c1n2-c1cc2c3c(c1)N(c1cccc4c1oc1c(-n5c6ccc(C(C)(C)C)cc6c6cc(C(C)(C)C)ccc65)cccc14)c1cc(-n4c5ccc(C(C)(C)C)cc5c5cc(C(C)(C)C)ccc54)ccc1B3c1ccc(-n3c4ccc(C(C)(C)C)cc4c4cc(C(C)(C)C)ccc43)cc1N2c1cccc2c1oc1c(-n3c4ccc(C(C)(C)C)cc4c4cc(C(C)(C)C)ccc43)cccc12. The third kappa shape index (κ3) is 13.3. The van der Waals surface area contributed by atoms with Gasteiger partial charge < -0.3 is 41.5 Å². The van der Waals surface area contributed by atoms with Crippen molar-refractivity contribution in [1.29, 1.82) is 0 Å². The van der Waals surface area contributed by atoms with E-state index in [0.717, 1.165) is 159 Å². The van der Waals surface area contributed by atoms with E-state index in [-0.39, 0.29) is 65.1 Å². The molecular formula is C134H124BN7O2. The van der Waals surface area contributed by atoms with E-state index in [1.54, 1.807) is 4.57 Å². The van der Waals surface area contributed by atoms with Crippen molar-refractivity contribution in [1.82, 2.24) is 22.8 Å². The van der Waals surface area contributed by atoms with Gasteiger partial charge in [0.15, 0.2) is 22.3 Å². The van der Waals surface area contributed by atoms with Gasteiger partial charge in [-0.1, -0.05) is 312 Å². The van der Waals surface area contributed by atoms with Crippen LogP contribution in [0.15, 0.2) is 324 Å². The standard InChI is InChI=1S/C134H124BN7O2/c1-127(2,3)77-45-57-106-94(65-77)95-66-78(128(4,5)6)46-58-107(95)136(106)85-53-55-102-118(73-85)141(116-43-31-37-92-90-35-29-41-114(123(90)143-125(92)116)139-110-61-49-81(131(13,14)15)69-98(110)99-70-82(132(16,17)18)50-62-111(99)139)120-75-87(138-104-39-27-25-33-88(104)89-34-26-28-40-105(89)138)76-121-122(120)135(102)103-56-54-86(137-108-59-47-79(129(7,8)9)67-96(108)97-68-80(130(10,11)12)48-60-109(97)137)74-119(103)142(121)117-44-32-38-93-91-36-30-42-115(124(91)144-126(93)117)140-112-63-51-83(133(19,20)21)71-100(112)101-72-84(134(22,23)24)52-64-113(101)140/h25-76H,1-24H3/i25D,26D,27D,28D,33D,34D,39D,40D. The molecule has 0 saturated heterocycles. The molecule has 0 unspecified atom stereocenters. The lowest BCUT2D eigenvalue weighted by atomic mass is 9.33. The van der Waals surface area contributed by atoms with Crippen molar-refractivity contribution in [2.24, 2.45) is 0 Å². The Balaban J connectivity index is 0.832. The molecule has 2 aliphatic rings. The van der Waals surface area contributed by atoms with Crippen LogP contribution < -0.4 is 26.2 Å². The second kappa shape index (κ2) is 30.3. The second-order valence-corrected chi connectivity index (χ2v) is 49.3. The van der Waals surface area contributed by atoms with Crippen molar-refractivity contribution >= 4 is 210 Å². The number of hydrogen-bond acceptors (Lipinski definition) is 4. The molecular weight excluding hydrogens is 1750 g/mol. The van der Waals surface area contributed by atoms with Gasteiger partial charge in [0.05, 0.1) is 94.6 Å². The number of fused-ring (bicyclic) bond motifs is 25. The molecule has 0 atom stereocenters. The van der Waals surface area contributed by atoms with Crippen LogP contribution in [0.4, 0.5) is 34.1 Å². The Labute approximate surface area is 854 Å². The molecule has 144 heavy (non-hydrogen) atoms. The normalized spacial score (nSPS) is 14.6. The fraction of sp³-hybridized carbons (Fsp3) is 0.239. The number of hydrogen-bond donors (Lipinski definition) is 0. The Morgan fingerprint density at radius 1 is 0.194 bits per heavy atom. The Kier molecular flexibility index (Phi) is 17.0. The van der Waals surface area contributed by atoms with Crippen molar-refractivity contribution in [2.45, 2.75) is 209 Å². The molecule has 2 aliphatic heterocycles. The molecule has 0 bridgehead atoms. The van der Waals surface area contributed by atoms with Crippen molar-refractivity contribution in [3.05, 3.63) is 360 Å². The van der Waals surface area contributed by atoms with Crippen molar-refractivity contribution in [2.75, 3.05) is 9.80 Å². The molecule has 10 heteroatoms. The lowest BCUT2D eigenvalue weighted by Gasteiger charge is -2.44. The number of nitrogens with zero attached hydrogens (tertiary/aromatic N) is 7. The average molecular weight is 1880 g/mol. The van der Waals surface area contributed by atoms with Gasteiger partial charge in [-0.05, 0) is 274 Å². The molecule has 0 spiro atoms. The summed E-state index contributed by atoms with van der Waals surface area (Å²) < 4.78 is 108. The molecule has 710 valence electrons. The van der Waals surface area contributed by atoms with E-state index in [1.807, 2.05) is 0 Å². The van der Waals surface area contributed by atoms with Gasteiger partial charge in [-0.3, -0.25) is 0 Å². The molecule has 26 rings (SSSR count). The predicted molar refractivity (Wildman–Crippen MR) is 616 cm³/mol. The van der Waals surface area contributed by atoms with E-state index in [0.29, 0.717) is 50.8 Å². The van der Waals surface area contributed by atoms with Gasteiger partial charge in [0.1, 0.15) is 0 Å². The minimum absolute atomic E-state index is 0.0227. The number of furan rings is 2. The summed E-state index contributed by atoms with van der Waals surface area (Å²) in [5.41, 5.74) is 30.0. The van der Waals surface area contributed by atoms with Crippen LogP contribution >= 0.6 is 0 Å². The van der Waals surface area contributed by atoms with E-state index < -0.39 is 55.1 Å². The first-order valence-electron chi connectivity index (χ1n) is 55.1. The molecule has 9 nitrogen and oxygen atoms in total. The van der Waals surface area contributed by atoms with Gasteiger partial charge >= 0.3 is 0 Å². The molecule has 9 heterocycles. The summed E-state index contributed by atoms with van der Waals surface area (Å²) >= 11 is 0. The molecule has 0 radical (unpaired) electrons. The van der Waals surface area contributed by atoms with Gasteiger partial charge in [-0.25, -0.2) is 0 Å². The highest BCUT2D eigenvalue weighted by molar-refractivity contribution is 7.00. The highest BCUT2D eigenvalue weighted by atomic mass is 16.3. The lowest BCUT2D eigenvalue weighted by Crippen LogP contribution is -2.61. The van der Waals surface area contributed by atoms with E-state index in [2.05, 4.69) is 461 Å². The number of benzene rings is 17. The Morgan fingerprint density at radius 2 is 0.424 bits per heavy atom. The van der Waals surface area contributed by atoms with Crippen LogP contribution in [0.2, 0.25) is 0 Å². The molecule has 17 aromatic carbocycles. The van der Waals surface area contributed by atoms with Crippen LogP contribution in [0.5, 0.6) is 0 Å². The zero-order chi connectivity index (χ0) is 107.